The lowest BCUT2D eigenvalue weighted by atomic mass is 10.1. The zero-order valence-corrected chi connectivity index (χ0v) is 19.5. The Morgan fingerprint density at radius 1 is 1.16 bits per heavy atom. The molecule has 9 heteroatoms. The van der Waals surface area contributed by atoms with Crippen LogP contribution in [0.5, 0.6) is 5.75 Å². The van der Waals surface area contributed by atoms with E-state index in [4.69, 9.17) is 19.9 Å². The summed E-state index contributed by atoms with van der Waals surface area (Å²) in [5.74, 6) is 0.841. The Morgan fingerprint density at radius 2 is 1.94 bits per heavy atom. The largest absolute Gasteiger partial charge is 0.489 e. The molecule has 0 unspecified atom stereocenters. The van der Waals surface area contributed by atoms with E-state index in [9.17, 15) is 4.79 Å². The van der Waals surface area contributed by atoms with Crippen molar-refractivity contribution in [2.24, 2.45) is 0 Å². The molecule has 0 radical (unpaired) electrons. The van der Waals surface area contributed by atoms with Crippen molar-refractivity contribution in [2.45, 2.75) is 26.4 Å². The number of carbonyl (C=O) groups is 1. The monoisotopic (exact) mass is 488 g/mol. The Kier molecular flexibility index (Phi) is 6.97. The summed E-state index contributed by atoms with van der Waals surface area (Å²) in [6, 6.07) is 10.7. The molecule has 0 atom stereocenters. The highest BCUT2D eigenvalue weighted by Crippen LogP contribution is 2.36. The molecule has 2 N–H and O–H groups in total. The van der Waals surface area contributed by atoms with Crippen molar-refractivity contribution in [1.82, 2.24) is 9.97 Å². The molecule has 8 nitrogen and oxygen atoms in total. The van der Waals surface area contributed by atoms with Crippen LogP contribution in [0.25, 0.3) is 10.9 Å². The number of rotatable bonds is 6. The van der Waals surface area contributed by atoms with Crippen molar-refractivity contribution in [3.63, 3.8) is 0 Å². The molecule has 0 bridgehead atoms. The van der Waals surface area contributed by atoms with Crippen molar-refractivity contribution in [3.05, 3.63) is 47.2 Å². The van der Waals surface area contributed by atoms with Gasteiger partial charge >= 0.3 is 6.09 Å². The van der Waals surface area contributed by atoms with Crippen LogP contribution >= 0.6 is 15.9 Å². The number of amides is 1. The minimum atomic E-state index is -0.689. The third kappa shape index (κ3) is 5.62. The number of hydrogen-bond acceptors (Lipinski definition) is 7. The second-order valence-corrected chi connectivity index (χ2v) is 8.66. The number of ether oxygens (including phenoxy) is 3. The quantitative estimate of drug-likeness (QED) is 0.381. The molecule has 3 rings (SSSR count). The van der Waals surface area contributed by atoms with Gasteiger partial charge in [-0.25, -0.2) is 19.7 Å². The van der Waals surface area contributed by atoms with Gasteiger partial charge in [-0.2, -0.15) is 0 Å². The molecule has 1 heterocycles. The number of fused-ring (bicyclic) bond motifs is 1. The lowest BCUT2D eigenvalue weighted by Gasteiger charge is -2.27. The molecule has 0 fully saturated rings. The number of halogens is 1. The predicted molar refractivity (Wildman–Crippen MR) is 124 cm³/mol. The Bertz CT molecular complexity index is 1080. The average Bonchev–Trinajstić information content (AvgIpc) is 2.68. The highest BCUT2D eigenvalue weighted by atomic mass is 79.9. The van der Waals surface area contributed by atoms with Crippen molar-refractivity contribution in [2.75, 3.05) is 31.0 Å². The summed E-state index contributed by atoms with van der Waals surface area (Å²) in [6.45, 7) is 6.21. The maximum absolute atomic E-state index is 13.2. The fourth-order valence-corrected chi connectivity index (χ4v) is 3.25. The first-order valence-corrected chi connectivity index (χ1v) is 10.4. The summed E-state index contributed by atoms with van der Waals surface area (Å²) in [7, 11) is 1.60. The lowest BCUT2D eigenvalue weighted by molar-refractivity contribution is 0.0598. The second kappa shape index (κ2) is 9.49. The summed E-state index contributed by atoms with van der Waals surface area (Å²) in [6.07, 6.45) is 0.826. The summed E-state index contributed by atoms with van der Waals surface area (Å²) in [4.78, 5) is 23.3. The number of anilines is 3. The number of carbonyl (C=O) groups excluding carboxylic acids is 1. The maximum atomic E-state index is 13.2. The highest BCUT2D eigenvalue weighted by molar-refractivity contribution is 9.10. The van der Waals surface area contributed by atoms with Crippen molar-refractivity contribution in [3.8, 4) is 5.75 Å². The smallest absolute Gasteiger partial charge is 0.420 e. The van der Waals surface area contributed by atoms with E-state index in [1.165, 1.54) is 11.2 Å². The number of benzene rings is 2. The lowest BCUT2D eigenvalue weighted by Crippen LogP contribution is -2.34. The van der Waals surface area contributed by atoms with E-state index in [2.05, 4.69) is 25.9 Å². The zero-order valence-electron chi connectivity index (χ0n) is 17.9. The van der Waals surface area contributed by atoms with E-state index in [-0.39, 0.29) is 0 Å². The molecule has 1 aromatic heterocycles. The van der Waals surface area contributed by atoms with Gasteiger partial charge in [0, 0.05) is 23.0 Å². The van der Waals surface area contributed by atoms with Gasteiger partial charge in [0.2, 0.25) is 0 Å². The summed E-state index contributed by atoms with van der Waals surface area (Å²) in [5.41, 5.74) is 7.09. The first-order chi connectivity index (χ1) is 14.7. The van der Waals surface area contributed by atoms with Gasteiger partial charge < -0.3 is 19.9 Å². The Balaban J connectivity index is 2.13. The van der Waals surface area contributed by atoms with Gasteiger partial charge in [-0.1, -0.05) is 22.0 Å². The van der Waals surface area contributed by atoms with Gasteiger partial charge in [-0.3, -0.25) is 0 Å². The number of methoxy groups -OCH3 is 1. The molecule has 1 amide bonds. The average molecular weight is 489 g/mol. The SMILES string of the molecule is COCCOc1cc2ncnc(N(C(=O)OC(C)(C)C)c3cccc(Br)c3)c2cc1N. The van der Waals surface area contributed by atoms with Crippen LogP contribution in [-0.4, -0.2) is 42.0 Å². The van der Waals surface area contributed by atoms with Crippen LogP contribution < -0.4 is 15.4 Å². The molecular formula is C22H25BrN4O4. The third-order valence-electron chi connectivity index (χ3n) is 4.15. The Hall–Kier alpha value is -2.91. The molecule has 0 aliphatic rings. The molecule has 0 aliphatic heterocycles. The Morgan fingerprint density at radius 3 is 2.61 bits per heavy atom. The molecule has 0 aliphatic carbocycles. The van der Waals surface area contributed by atoms with Crippen molar-refractivity contribution < 1.29 is 19.0 Å². The van der Waals surface area contributed by atoms with Crippen molar-refractivity contribution in [1.29, 1.82) is 0 Å². The van der Waals surface area contributed by atoms with E-state index < -0.39 is 11.7 Å². The van der Waals surface area contributed by atoms with E-state index in [1.807, 2.05) is 39.0 Å². The van der Waals surface area contributed by atoms with Crippen molar-refractivity contribution >= 4 is 50.1 Å². The van der Waals surface area contributed by atoms with Gasteiger partial charge in [0.1, 0.15) is 24.3 Å². The van der Waals surface area contributed by atoms with Crippen LogP contribution in [0.1, 0.15) is 20.8 Å². The molecule has 0 spiro atoms. The molecule has 0 saturated heterocycles. The van der Waals surface area contributed by atoms with Crippen LogP contribution in [0.4, 0.5) is 22.0 Å². The van der Waals surface area contributed by atoms with Crippen LogP contribution in [-0.2, 0) is 9.47 Å². The molecule has 2 aromatic carbocycles. The standard InChI is InChI=1S/C22H25BrN4O4/c1-22(2,3)31-21(28)27(15-7-5-6-14(23)10-15)20-16-11-17(24)19(30-9-8-29-4)12-18(16)25-13-26-20/h5-7,10-13H,8-9,24H2,1-4H3. The third-order valence-corrected chi connectivity index (χ3v) is 4.64. The van der Waals surface area contributed by atoms with Gasteiger partial charge in [-0.05, 0) is 45.0 Å². The second-order valence-electron chi connectivity index (χ2n) is 7.74. The molecular weight excluding hydrogens is 464 g/mol. The van der Waals surface area contributed by atoms with Gasteiger partial charge in [0.15, 0.2) is 5.82 Å². The number of hydrogen-bond donors (Lipinski definition) is 1. The van der Waals surface area contributed by atoms with E-state index in [0.29, 0.717) is 47.1 Å². The summed E-state index contributed by atoms with van der Waals surface area (Å²) >= 11 is 3.46. The zero-order chi connectivity index (χ0) is 22.6. The molecule has 3 aromatic rings. The van der Waals surface area contributed by atoms with E-state index in [0.717, 1.165) is 4.47 Å². The minimum Gasteiger partial charge on any atom is -0.489 e. The normalized spacial score (nSPS) is 11.4. The summed E-state index contributed by atoms with van der Waals surface area (Å²) in [5, 5.41) is 0.588. The first-order valence-electron chi connectivity index (χ1n) is 9.64. The first kappa shape index (κ1) is 22.8. The number of aromatic nitrogens is 2. The van der Waals surface area contributed by atoms with E-state index >= 15 is 0 Å². The molecule has 31 heavy (non-hydrogen) atoms. The Labute approximate surface area is 189 Å². The van der Waals surface area contributed by atoms with Crippen LogP contribution in [0.2, 0.25) is 0 Å². The number of nitrogens with zero attached hydrogens (tertiary/aromatic N) is 3. The van der Waals surface area contributed by atoms with Gasteiger partial charge in [-0.15, -0.1) is 0 Å². The van der Waals surface area contributed by atoms with Crippen LogP contribution in [0.15, 0.2) is 47.2 Å². The predicted octanol–water partition coefficient (Wildman–Crippen LogP) is 5.07. The molecule has 164 valence electrons. The maximum Gasteiger partial charge on any atom is 0.420 e. The number of nitrogen functional groups attached to an aromatic ring is 1. The minimum absolute atomic E-state index is 0.353. The fourth-order valence-electron chi connectivity index (χ4n) is 2.86. The molecule has 0 saturated carbocycles. The fraction of sp³-hybridized carbons (Fsp3) is 0.318. The number of nitrogens with two attached hydrogens (primary N) is 1. The highest BCUT2D eigenvalue weighted by Gasteiger charge is 2.28. The van der Waals surface area contributed by atoms with Crippen LogP contribution in [0, 0.1) is 0 Å². The topological polar surface area (TPSA) is 99.8 Å². The van der Waals surface area contributed by atoms with Gasteiger partial charge in [0.25, 0.3) is 0 Å². The summed E-state index contributed by atoms with van der Waals surface area (Å²) < 4.78 is 17.2. The van der Waals surface area contributed by atoms with Crippen LogP contribution in [0.3, 0.4) is 0 Å². The van der Waals surface area contributed by atoms with Gasteiger partial charge in [0.05, 0.1) is 23.5 Å². The van der Waals surface area contributed by atoms with E-state index in [1.54, 1.807) is 25.3 Å².